The Morgan fingerprint density at radius 3 is 1.11 bits per heavy atom. The molecular weight excluding hydrogens is 504 g/mol. The van der Waals surface area contributed by atoms with Gasteiger partial charge in [0.15, 0.2) is 0 Å². The van der Waals surface area contributed by atoms with Gasteiger partial charge in [0.25, 0.3) is 10.1 Å². The molecule has 7 heteroatoms. The van der Waals surface area contributed by atoms with Gasteiger partial charge in [0, 0.05) is 4.90 Å². The molecule has 0 amide bonds. The zero-order valence-electron chi connectivity index (χ0n) is 20.8. The van der Waals surface area contributed by atoms with Crippen molar-refractivity contribution in [3.8, 4) is 0 Å². The zero-order valence-corrected chi connectivity index (χ0v) is 22.4. The molecule has 3 aromatic rings. The minimum Gasteiger partial charge on any atom is -0.768 e. The van der Waals surface area contributed by atoms with Gasteiger partial charge in [-0.3, -0.25) is 8.76 Å². The van der Waals surface area contributed by atoms with E-state index in [0.29, 0.717) is 28.6 Å². The molecule has 0 aliphatic heterocycles. The third-order valence-electron chi connectivity index (χ3n) is 8.53. The Labute approximate surface area is 222 Å². The van der Waals surface area contributed by atoms with E-state index in [-0.39, 0.29) is 4.90 Å². The summed E-state index contributed by atoms with van der Waals surface area (Å²) in [7, 11) is -4.15. The predicted molar refractivity (Wildman–Crippen MR) is 144 cm³/mol. The minimum atomic E-state index is -4.15. The molecule has 1 N–H and O–H groups in total. The summed E-state index contributed by atoms with van der Waals surface area (Å²) < 4.78 is 54.0. The highest BCUT2D eigenvalue weighted by atomic mass is 32.2. The van der Waals surface area contributed by atoms with E-state index in [9.17, 15) is 21.7 Å². The molecule has 0 radical (unpaired) electrons. The quantitative estimate of drug-likeness (QED) is 0.268. The van der Waals surface area contributed by atoms with Crippen molar-refractivity contribution in [1.29, 1.82) is 0 Å². The van der Waals surface area contributed by atoms with Gasteiger partial charge >= 0.3 is 0 Å². The highest BCUT2D eigenvalue weighted by Crippen LogP contribution is 2.43. The summed E-state index contributed by atoms with van der Waals surface area (Å²) in [6.07, 6.45) is 8.95. The second kappa shape index (κ2) is 11.2. The summed E-state index contributed by atoms with van der Waals surface area (Å²) >= 11 is -2.17. The second-order valence-corrected chi connectivity index (χ2v) is 13.0. The van der Waals surface area contributed by atoms with Crippen molar-refractivity contribution < 1.29 is 21.7 Å². The molecule has 2 aliphatic carbocycles. The van der Waals surface area contributed by atoms with Crippen molar-refractivity contribution in [3.63, 3.8) is 0 Å². The molecule has 0 bridgehead atoms. The number of rotatable bonds is 6. The Balaban J connectivity index is 1.13. The largest absolute Gasteiger partial charge is 0.768 e. The van der Waals surface area contributed by atoms with Crippen LogP contribution in [0.1, 0.15) is 97.3 Å². The van der Waals surface area contributed by atoms with E-state index >= 15 is 0 Å². The fraction of sp³-hybridized carbons (Fsp3) is 0.400. The SMILES string of the molecule is O=S([O-])c1ccc(C2CCC(c3ccc(C4CCC(c5ccc(S(=O)(=O)O)cc5)CC4)cc3)CC2)cc1. The lowest BCUT2D eigenvalue weighted by molar-refractivity contribution is 0.393. The maximum Gasteiger partial charge on any atom is 0.294 e. The number of hydrogen-bond acceptors (Lipinski definition) is 4. The monoisotopic (exact) mass is 537 g/mol. The van der Waals surface area contributed by atoms with Crippen LogP contribution in [-0.2, 0) is 21.2 Å². The first-order chi connectivity index (χ1) is 17.8. The van der Waals surface area contributed by atoms with Crippen LogP contribution < -0.4 is 0 Å². The van der Waals surface area contributed by atoms with Crippen molar-refractivity contribution in [1.82, 2.24) is 0 Å². The summed E-state index contributed by atoms with van der Waals surface area (Å²) in [6.45, 7) is 0. The summed E-state index contributed by atoms with van der Waals surface area (Å²) in [5.41, 5.74) is 5.22. The lowest BCUT2D eigenvalue weighted by atomic mass is 9.74. The number of hydrogen-bond donors (Lipinski definition) is 1. The normalized spacial score (nSPS) is 25.5. The molecule has 3 aromatic carbocycles. The molecule has 196 valence electrons. The highest BCUT2D eigenvalue weighted by Gasteiger charge is 2.26. The Bertz CT molecular complexity index is 1320. The van der Waals surface area contributed by atoms with Crippen LogP contribution >= 0.6 is 0 Å². The zero-order chi connectivity index (χ0) is 26.0. The van der Waals surface area contributed by atoms with Gasteiger partial charge in [-0.2, -0.15) is 8.42 Å². The molecule has 1 unspecified atom stereocenters. The summed E-state index contributed by atoms with van der Waals surface area (Å²) in [5, 5.41) is 0. The number of benzene rings is 3. The van der Waals surface area contributed by atoms with E-state index in [0.717, 1.165) is 56.9 Å². The van der Waals surface area contributed by atoms with Crippen LogP contribution in [0.15, 0.2) is 82.6 Å². The van der Waals surface area contributed by atoms with Crippen LogP contribution in [0.3, 0.4) is 0 Å². The van der Waals surface area contributed by atoms with Crippen LogP contribution in [-0.4, -0.2) is 21.7 Å². The summed E-state index contributed by atoms with van der Waals surface area (Å²) in [4.78, 5) is 0.298. The smallest absolute Gasteiger partial charge is 0.294 e. The van der Waals surface area contributed by atoms with Crippen LogP contribution in [0.4, 0.5) is 0 Å². The molecule has 2 aliphatic rings. The molecule has 2 saturated carbocycles. The Morgan fingerprint density at radius 2 is 0.838 bits per heavy atom. The lowest BCUT2D eigenvalue weighted by Gasteiger charge is -2.31. The third-order valence-corrected chi connectivity index (χ3v) is 10.1. The topological polar surface area (TPSA) is 94.5 Å². The van der Waals surface area contributed by atoms with Gasteiger partial charge in [-0.1, -0.05) is 48.5 Å². The molecule has 5 nitrogen and oxygen atoms in total. The Kier molecular flexibility index (Phi) is 7.96. The third kappa shape index (κ3) is 6.23. The summed E-state index contributed by atoms with van der Waals surface area (Å²) in [5.74, 6) is 2.08. The molecule has 0 heterocycles. The second-order valence-electron chi connectivity index (χ2n) is 10.6. The van der Waals surface area contributed by atoms with Crippen LogP contribution in [0.25, 0.3) is 0 Å². The van der Waals surface area contributed by atoms with Crippen molar-refractivity contribution in [2.45, 2.75) is 84.8 Å². The Hall–Kier alpha value is -2.32. The van der Waals surface area contributed by atoms with Gasteiger partial charge in [0.2, 0.25) is 0 Å². The van der Waals surface area contributed by atoms with Gasteiger partial charge in [0.1, 0.15) is 0 Å². The van der Waals surface area contributed by atoms with Gasteiger partial charge in [-0.25, -0.2) is 0 Å². The first kappa shape index (κ1) is 26.3. The van der Waals surface area contributed by atoms with Crippen LogP contribution in [0.2, 0.25) is 0 Å². The average molecular weight is 538 g/mol. The van der Waals surface area contributed by atoms with Gasteiger partial charge in [-0.15, -0.1) is 0 Å². The fourth-order valence-electron chi connectivity index (χ4n) is 6.32. The summed E-state index contributed by atoms with van der Waals surface area (Å²) in [6, 6.07) is 23.3. The van der Waals surface area contributed by atoms with E-state index in [2.05, 4.69) is 24.3 Å². The average Bonchev–Trinajstić information content (AvgIpc) is 2.93. The first-order valence-electron chi connectivity index (χ1n) is 13.1. The lowest BCUT2D eigenvalue weighted by Crippen LogP contribution is -2.13. The first-order valence-corrected chi connectivity index (χ1v) is 15.7. The van der Waals surface area contributed by atoms with Crippen molar-refractivity contribution >= 4 is 21.2 Å². The molecule has 0 saturated heterocycles. The van der Waals surface area contributed by atoms with E-state index < -0.39 is 21.2 Å². The van der Waals surface area contributed by atoms with E-state index in [1.165, 1.54) is 28.8 Å². The molecule has 1 atom stereocenters. The van der Waals surface area contributed by atoms with E-state index in [1.54, 1.807) is 12.1 Å². The van der Waals surface area contributed by atoms with Crippen molar-refractivity contribution in [3.05, 3.63) is 95.1 Å². The molecule has 37 heavy (non-hydrogen) atoms. The molecule has 0 spiro atoms. The van der Waals surface area contributed by atoms with Crippen molar-refractivity contribution in [2.24, 2.45) is 0 Å². The molecule has 2 fully saturated rings. The van der Waals surface area contributed by atoms with Crippen LogP contribution in [0, 0.1) is 0 Å². The van der Waals surface area contributed by atoms with E-state index in [4.69, 9.17) is 0 Å². The minimum absolute atomic E-state index is 0.0493. The molecule has 0 aromatic heterocycles. The Morgan fingerprint density at radius 1 is 0.568 bits per heavy atom. The van der Waals surface area contributed by atoms with Gasteiger partial charge < -0.3 is 4.55 Å². The standard InChI is InChI=1S/C30H34O5S2/c31-36(32)29-17-13-27(14-18-29)25-9-5-23(6-10-25)21-1-3-22(4-2-21)24-7-11-26(12-8-24)28-15-19-30(20-16-28)37(33,34)35/h1-4,13-20,23-26H,5-12H2,(H,31,32)(H,33,34,35)/p-1. The molecule has 5 rings (SSSR count). The van der Waals surface area contributed by atoms with Crippen molar-refractivity contribution in [2.75, 3.05) is 0 Å². The highest BCUT2D eigenvalue weighted by molar-refractivity contribution is 7.85. The van der Waals surface area contributed by atoms with Gasteiger partial charge in [-0.05, 0) is 133 Å². The predicted octanol–water partition coefficient (Wildman–Crippen LogP) is 7.05. The maximum absolute atomic E-state index is 11.3. The maximum atomic E-state index is 11.3. The molecular formula is C30H33O5S2-. The fourth-order valence-corrected chi connectivity index (χ4v) is 7.16. The van der Waals surface area contributed by atoms with Crippen LogP contribution in [0.5, 0.6) is 0 Å². The van der Waals surface area contributed by atoms with E-state index in [1.807, 2.05) is 24.3 Å². The van der Waals surface area contributed by atoms with Gasteiger partial charge in [0.05, 0.1) is 4.90 Å².